The fourth-order valence-electron chi connectivity index (χ4n) is 2.80. The fraction of sp³-hybridized carbons (Fsp3) is 0.250. The van der Waals surface area contributed by atoms with E-state index in [9.17, 15) is 9.90 Å². The molecule has 3 rings (SSSR count). The Morgan fingerprint density at radius 3 is 2.36 bits per heavy atom. The minimum Gasteiger partial charge on any atom is -0.497 e. The smallest absolute Gasteiger partial charge is 0.258 e. The van der Waals surface area contributed by atoms with E-state index in [0.717, 1.165) is 5.56 Å². The number of β-lactam (4-membered cyclic amide) rings is 1. The molecule has 1 fully saturated rings. The first-order valence-electron chi connectivity index (χ1n) is 7.90. The summed E-state index contributed by atoms with van der Waals surface area (Å²) >= 11 is 0. The maximum atomic E-state index is 12.2. The molecule has 1 heterocycles. The van der Waals surface area contributed by atoms with Crippen LogP contribution < -0.4 is 9.64 Å². The van der Waals surface area contributed by atoms with Crippen molar-refractivity contribution in [1.29, 1.82) is 0 Å². The Bertz CT molecular complexity index is 792. The summed E-state index contributed by atoms with van der Waals surface area (Å²) in [7, 11) is 3.10. The van der Waals surface area contributed by atoms with Gasteiger partial charge in [0.05, 0.1) is 7.11 Å². The standard InChI is InChI=1S/C20H19NO4/c1-24-16-11-9-15(10-12-16)21-18(19(22)20(21)23)17(25-2)13-8-14-6-4-3-5-7-14/h3-7,9-12,17-19,22H,1-2H3/t17-,18+,19-/m1/s1. The summed E-state index contributed by atoms with van der Waals surface area (Å²) in [6.45, 7) is 0. The first-order valence-corrected chi connectivity index (χ1v) is 7.90. The van der Waals surface area contributed by atoms with Crippen LogP contribution in [-0.2, 0) is 9.53 Å². The molecular formula is C20H19NO4. The monoisotopic (exact) mass is 337 g/mol. The van der Waals surface area contributed by atoms with E-state index in [4.69, 9.17) is 9.47 Å². The van der Waals surface area contributed by atoms with Crippen molar-refractivity contribution in [3.63, 3.8) is 0 Å². The number of rotatable bonds is 4. The lowest BCUT2D eigenvalue weighted by molar-refractivity contribution is -0.140. The summed E-state index contributed by atoms with van der Waals surface area (Å²) < 4.78 is 10.6. The number of amides is 1. The summed E-state index contributed by atoms with van der Waals surface area (Å²) in [6.07, 6.45) is -1.73. The molecule has 1 amide bonds. The van der Waals surface area contributed by atoms with Gasteiger partial charge < -0.3 is 19.5 Å². The van der Waals surface area contributed by atoms with Gasteiger partial charge in [-0.1, -0.05) is 30.0 Å². The summed E-state index contributed by atoms with van der Waals surface area (Å²) in [5, 5.41) is 10.1. The van der Waals surface area contributed by atoms with Crippen LogP contribution in [0.5, 0.6) is 5.75 Å². The van der Waals surface area contributed by atoms with Gasteiger partial charge in [-0.2, -0.15) is 0 Å². The van der Waals surface area contributed by atoms with Crippen molar-refractivity contribution in [2.75, 3.05) is 19.1 Å². The molecule has 5 nitrogen and oxygen atoms in total. The van der Waals surface area contributed by atoms with Gasteiger partial charge in [0.25, 0.3) is 5.91 Å². The van der Waals surface area contributed by atoms with E-state index < -0.39 is 18.2 Å². The second-order valence-electron chi connectivity index (χ2n) is 5.63. The Hall–Kier alpha value is -2.81. The van der Waals surface area contributed by atoms with Crippen molar-refractivity contribution in [1.82, 2.24) is 0 Å². The number of aliphatic hydroxyl groups excluding tert-OH is 1. The van der Waals surface area contributed by atoms with Crippen LogP contribution in [0.15, 0.2) is 54.6 Å². The van der Waals surface area contributed by atoms with Crippen molar-refractivity contribution < 1.29 is 19.4 Å². The number of carbonyl (C=O) groups excluding carboxylic acids is 1. The number of ether oxygens (including phenoxy) is 2. The Morgan fingerprint density at radius 2 is 1.76 bits per heavy atom. The molecule has 25 heavy (non-hydrogen) atoms. The average Bonchev–Trinajstić information content (AvgIpc) is 2.68. The molecule has 5 heteroatoms. The van der Waals surface area contributed by atoms with E-state index in [2.05, 4.69) is 11.8 Å². The van der Waals surface area contributed by atoms with Gasteiger partial charge in [0.1, 0.15) is 17.9 Å². The van der Waals surface area contributed by atoms with Gasteiger partial charge in [0.2, 0.25) is 0 Å². The maximum Gasteiger partial charge on any atom is 0.258 e. The van der Waals surface area contributed by atoms with Crippen molar-refractivity contribution in [2.24, 2.45) is 0 Å². The van der Waals surface area contributed by atoms with Gasteiger partial charge in [0, 0.05) is 18.4 Å². The van der Waals surface area contributed by atoms with Crippen LogP contribution in [0.2, 0.25) is 0 Å². The summed E-state index contributed by atoms with van der Waals surface area (Å²) in [6, 6.07) is 16.0. The highest BCUT2D eigenvalue weighted by atomic mass is 16.5. The van der Waals surface area contributed by atoms with Crippen LogP contribution in [0, 0.1) is 11.8 Å². The van der Waals surface area contributed by atoms with Crippen molar-refractivity contribution in [3.05, 3.63) is 60.2 Å². The molecule has 1 N–H and O–H groups in total. The average molecular weight is 337 g/mol. The lowest BCUT2D eigenvalue weighted by atomic mass is 9.91. The van der Waals surface area contributed by atoms with Gasteiger partial charge in [0.15, 0.2) is 6.10 Å². The zero-order valence-corrected chi connectivity index (χ0v) is 14.0. The highest BCUT2D eigenvalue weighted by Gasteiger charge is 2.51. The van der Waals surface area contributed by atoms with E-state index in [1.807, 2.05) is 30.3 Å². The van der Waals surface area contributed by atoms with Gasteiger partial charge in [-0.3, -0.25) is 4.79 Å². The molecular weight excluding hydrogens is 318 g/mol. The molecule has 0 radical (unpaired) electrons. The molecule has 0 spiro atoms. The second kappa shape index (κ2) is 7.39. The predicted octanol–water partition coefficient (Wildman–Crippen LogP) is 1.84. The van der Waals surface area contributed by atoms with Crippen molar-refractivity contribution >= 4 is 11.6 Å². The largest absolute Gasteiger partial charge is 0.497 e. The number of benzene rings is 2. The third-order valence-corrected chi connectivity index (χ3v) is 4.16. The van der Waals surface area contributed by atoms with Crippen LogP contribution in [0.3, 0.4) is 0 Å². The maximum absolute atomic E-state index is 12.2. The van der Waals surface area contributed by atoms with Crippen LogP contribution in [0.4, 0.5) is 5.69 Å². The number of hydrogen-bond donors (Lipinski definition) is 1. The Morgan fingerprint density at radius 1 is 1.08 bits per heavy atom. The highest BCUT2D eigenvalue weighted by Crippen LogP contribution is 2.32. The van der Waals surface area contributed by atoms with Crippen molar-refractivity contribution in [3.8, 4) is 17.6 Å². The molecule has 3 atom stereocenters. The summed E-state index contributed by atoms with van der Waals surface area (Å²) in [5.41, 5.74) is 1.52. The molecule has 0 aliphatic carbocycles. The molecule has 2 aromatic carbocycles. The number of aliphatic hydroxyl groups is 1. The molecule has 1 aliphatic rings. The molecule has 0 aromatic heterocycles. The van der Waals surface area contributed by atoms with E-state index in [1.54, 1.807) is 31.4 Å². The molecule has 0 bridgehead atoms. The molecule has 128 valence electrons. The van der Waals surface area contributed by atoms with Gasteiger partial charge in [-0.15, -0.1) is 0 Å². The SMILES string of the molecule is COc1ccc(N2C(=O)[C@H](O)[C@@H]2[C@@H](C#Cc2ccccc2)OC)cc1. The zero-order chi connectivity index (χ0) is 17.8. The molecule has 1 saturated heterocycles. The van der Waals surface area contributed by atoms with E-state index in [0.29, 0.717) is 11.4 Å². The fourth-order valence-corrected chi connectivity index (χ4v) is 2.80. The van der Waals surface area contributed by atoms with E-state index >= 15 is 0 Å². The van der Waals surface area contributed by atoms with Crippen LogP contribution in [0.1, 0.15) is 5.56 Å². The van der Waals surface area contributed by atoms with Crippen LogP contribution >= 0.6 is 0 Å². The molecule has 0 unspecified atom stereocenters. The number of carbonyl (C=O) groups is 1. The Balaban J connectivity index is 1.84. The lowest BCUT2D eigenvalue weighted by Crippen LogP contribution is -2.69. The molecule has 1 aliphatic heterocycles. The predicted molar refractivity (Wildman–Crippen MR) is 94.4 cm³/mol. The molecule has 0 saturated carbocycles. The topological polar surface area (TPSA) is 59.0 Å². The molecule has 2 aromatic rings. The van der Waals surface area contributed by atoms with Crippen LogP contribution in [0.25, 0.3) is 0 Å². The first-order chi connectivity index (χ1) is 12.2. The Labute approximate surface area is 146 Å². The summed E-state index contributed by atoms with van der Waals surface area (Å²) in [4.78, 5) is 13.7. The zero-order valence-electron chi connectivity index (χ0n) is 14.0. The lowest BCUT2D eigenvalue weighted by Gasteiger charge is -2.46. The number of methoxy groups -OCH3 is 2. The summed E-state index contributed by atoms with van der Waals surface area (Å²) in [5.74, 6) is 6.37. The highest BCUT2D eigenvalue weighted by molar-refractivity contribution is 6.05. The first kappa shape index (κ1) is 17.0. The third-order valence-electron chi connectivity index (χ3n) is 4.16. The quantitative estimate of drug-likeness (QED) is 0.683. The number of hydrogen-bond acceptors (Lipinski definition) is 4. The minimum atomic E-state index is -1.13. The third kappa shape index (κ3) is 3.36. The van der Waals surface area contributed by atoms with Crippen LogP contribution in [-0.4, -0.2) is 43.5 Å². The minimum absolute atomic E-state index is 0.362. The van der Waals surface area contributed by atoms with Crippen molar-refractivity contribution in [2.45, 2.75) is 18.2 Å². The number of nitrogens with zero attached hydrogens (tertiary/aromatic N) is 1. The van der Waals surface area contributed by atoms with Gasteiger partial charge in [-0.05, 0) is 36.4 Å². The number of anilines is 1. The normalized spacial score (nSPS) is 20.3. The van der Waals surface area contributed by atoms with E-state index in [1.165, 1.54) is 12.0 Å². The second-order valence-corrected chi connectivity index (χ2v) is 5.63. The van der Waals surface area contributed by atoms with Gasteiger partial charge in [-0.25, -0.2) is 0 Å². The van der Waals surface area contributed by atoms with E-state index in [-0.39, 0.29) is 5.91 Å². The van der Waals surface area contributed by atoms with Gasteiger partial charge >= 0.3 is 0 Å². The Kier molecular flexibility index (Phi) is 5.03.